The summed E-state index contributed by atoms with van der Waals surface area (Å²) in [6.45, 7) is 6.54. The fourth-order valence-corrected chi connectivity index (χ4v) is 6.44. The maximum absolute atomic E-state index is 13.9. The first-order valence-corrected chi connectivity index (χ1v) is 12.1. The molecule has 1 aromatic heterocycles. The SMILES string of the molecule is C=CCn1c(SCc2ccccc2C)nc2c(c1=O)C1(CCCC1)Cc1ccccc1-2. The number of hydrogen-bond acceptors (Lipinski definition) is 3. The minimum Gasteiger partial charge on any atom is -0.283 e. The summed E-state index contributed by atoms with van der Waals surface area (Å²) in [5.41, 5.74) is 6.95. The third kappa shape index (κ3) is 3.47. The van der Waals surface area contributed by atoms with Gasteiger partial charge in [0.15, 0.2) is 5.16 Å². The Hall–Kier alpha value is -2.59. The van der Waals surface area contributed by atoms with Gasteiger partial charge in [-0.1, -0.05) is 79.2 Å². The van der Waals surface area contributed by atoms with Gasteiger partial charge in [0.25, 0.3) is 5.56 Å². The lowest BCUT2D eigenvalue weighted by Crippen LogP contribution is -2.40. The second-order valence-corrected chi connectivity index (χ2v) is 9.80. The van der Waals surface area contributed by atoms with Crippen molar-refractivity contribution in [2.24, 2.45) is 0 Å². The zero-order chi connectivity index (χ0) is 21.4. The molecule has 0 unspecified atom stereocenters. The summed E-state index contributed by atoms with van der Waals surface area (Å²) in [7, 11) is 0. The molecule has 0 aliphatic heterocycles. The first kappa shape index (κ1) is 20.3. The Bertz CT molecular complexity index is 1200. The molecule has 2 aliphatic carbocycles. The van der Waals surface area contributed by atoms with E-state index >= 15 is 0 Å². The van der Waals surface area contributed by atoms with Crippen LogP contribution in [0.3, 0.4) is 0 Å². The summed E-state index contributed by atoms with van der Waals surface area (Å²) in [6, 6.07) is 16.9. The topological polar surface area (TPSA) is 34.9 Å². The van der Waals surface area contributed by atoms with Crippen molar-refractivity contribution >= 4 is 11.8 Å². The van der Waals surface area contributed by atoms with Gasteiger partial charge in [-0.3, -0.25) is 9.36 Å². The third-order valence-electron chi connectivity index (χ3n) is 6.96. The zero-order valence-corrected chi connectivity index (χ0v) is 18.9. The lowest BCUT2D eigenvalue weighted by atomic mass is 9.68. The van der Waals surface area contributed by atoms with Crippen LogP contribution in [0.1, 0.15) is 47.9 Å². The number of nitrogens with zero attached hydrogens (tertiary/aromatic N) is 2. The molecule has 0 bridgehead atoms. The molecule has 31 heavy (non-hydrogen) atoms. The van der Waals surface area contributed by atoms with Crippen molar-refractivity contribution in [2.75, 3.05) is 0 Å². The van der Waals surface area contributed by atoms with Crippen LogP contribution >= 0.6 is 11.8 Å². The molecule has 4 heteroatoms. The third-order valence-corrected chi connectivity index (χ3v) is 7.98. The lowest BCUT2D eigenvalue weighted by Gasteiger charge is -2.36. The van der Waals surface area contributed by atoms with Crippen LogP contribution in [0.15, 0.2) is 71.1 Å². The lowest BCUT2D eigenvalue weighted by molar-refractivity contribution is 0.418. The Morgan fingerprint density at radius 1 is 1.13 bits per heavy atom. The summed E-state index contributed by atoms with van der Waals surface area (Å²) in [5, 5.41) is 0.789. The van der Waals surface area contributed by atoms with Crippen molar-refractivity contribution in [1.82, 2.24) is 9.55 Å². The van der Waals surface area contributed by atoms with Crippen molar-refractivity contribution < 1.29 is 0 Å². The van der Waals surface area contributed by atoms with E-state index in [1.54, 1.807) is 11.8 Å². The molecule has 1 saturated carbocycles. The quantitative estimate of drug-likeness (QED) is 0.281. The predicted octanol–water partition coefficient (Wildman–Crippen LogP) is 6.06. The summed E-state index contributed by atoms with van der Waals surface area (Å²) < 4.78 is 1.85. The van der Waals surface area contributed by atoms with Crippen molar-refractivity contribution in [3.63, 3.8) is 0 Å². The van der Waals surface area contributed by atoms with E-state index in [1.807, 2.05) is 10.6 Å². The Balaban J connectivity index is 1.67. The average molecular weight is 429 g/mol. The number of allylic oxidation sites excluding steroid dienone is 1. The number of fused-ring (bicyclic) bond motifs is 4. The van der Waals surface area contributed by atoms with E-state index in [9.17, 15) is 4.79 Å². The molecule has 5 rings (SSSR count). The molecule has 3 nitrogen and oxygen atoms in total. The highest BCUT2D eigenvalue weighted by Crippen LogP contribution is 2.50. The molecule has 2 aliphatic rings. The maximum Gasteiger partial charge on any atom is 0.258 e. The number of hydrogen-bond donors (Lipinski definition) is 0. The normalized spacial score (nSPS) is 16.2. The fraction of sp³-hybridized carbons (Fsp3) is 0.333. The molecular weight excluding hydrogens is 400 g/mol. The van der Waals surface area contributed by atoms with Gasteiger partial charge in [-0.2, -0.15) is 0 Å². The molecule has 1 spiro atoms. The summed E-state index contributed by atoms with van der Waals surface area (Å²) >= 11 is 1.65. The van der Waals surface area contributed by atoms with Crippen LogP contribution in [0.2, 0.25) is 0 Å². The van der Waals surface area contributed by atoms with E-state index in [4.69, 9.17) is 4.98 Å². The molecule has 3 aromatic rings. The molecule has 1 fully saturated rings. The van der Waals surface area contributed by atoms with Crippen LogP contribution in [0.25, 0.3) is 11.3 Å². The Morgan fingerprint density at radius 2 is 1.87 bits per heavy atom. The minimum absolute atomic E-state index is 0.0596. The molecule has 0 saturated heterocycles. The fourth-order valence-electron chi connectivity index (χ4n) is 5.36. The highest BCUT2D eigenvalue weighted by molar-refractivity contribution is 7.98. The molecule has 0 atom stereocenters. The standard InChI is InChI=1S/C27H28N2OS/c1-3-16-29-25(30)23-24(28-26(29)31-18-21-12-5-4-10-19(21)2)22-13-7-6-11-20(22)17-27(23)14-8-9-15-27/h3-7,10-13H,1,8-9,14-18H2,2H3. The van der Waals surface area contributed by atoms with E-state index in [0.29, 0.717) is 6.54 Å². The van der Waals surface area contributed by atoms with E-state index in [-0.39, 0.29) is 11.0 Å². The van der Waals surface area contributed by atoms with Crippen LogP contribution in [0.4, 0.5) is 0 Å². The molecule has 158 valence electrons. The van der Waals surface area contributed by atoms with E-state index in [2.05, 4.69) is 62.0 Å². The molecule has 0 amide bonds. The van der Waals surface area contributed by atoms with Crippen molar-refractivity contribution in [1.29, 1.82) is 0 Å². The van der Waals surface area contributed by atoms with Crippen LogP contribution < -0.4 is 5.56 Å². The second-order valence-electron chi connectivity index (χ2n) is 8.86. The molecule has 0 radical (unpaired) electrons. The minimum atomic E-state index is -0.0596. The Labute approximate surface area is 188 Å². The van der Waals surface area contributed by atoms with Gasteiger partial charge in [0.1, 0.15) is 0 Å². The van der Waals surface area contributed by atoms with Gasteiger partial charge in [0.05, 0.1) is 11.3 Å². The first-order chi connectivity index (χ1) is 15.1. The van der Waals surface area contributed by atoms with Gasteiger partial charge in [-0.25, -0.2) is 4.98 Å². The monoisotopic (exact) mass is 428 g/mol. The van der Waals surface area contributed by atoms with Gasteiger partial charge < -0.3 is 0 Å². The molecule has 0 N–H and O–H groups in total. The van der Waals surface area contributed by atoms with Crippen molar-refractivity contribution in [3.8, 4) is 11.3 Å². The molecule has 1 heterocycles. The van der Waals surface area contributed by atoms with Crippen LogP contribution in [-0.4, -0.2) is 9.55 Å². The predicted molar refractivity (Wildman–Crippen MR) is 129 cm³/mol. The van der Waals surface area contributed by atoms with E-state index in [1.165, 1.54) is 29.5 Å². The number of benzene rings is 2. The smallest absolute Gasteiger partial charge is 0.258 e. The van der Waals surface area contributed by atoms with E-state index < -0.39 is 0 Å². The summed E-state index contributed by atoms with van der Waals surface area (Å²) in [5.74, 6) is 0.793. The van der Waals surface area contributed by atoms with Crippen LogP contribution in [0, 0.1) is 6.92 Å². The molecule has 2 aromatic carbocycles. The van der Waals surface area contributed by atoms with Gasteiger partial charge in [0, 0.05) is 23.3 Å². The Morgan fingerprint density at radius 3 is 2.65 bits per heavy atom. The van der Waals surface area contributed by atoms with Crippen molar-refractivity contribution in [3.05, 3.63) is 93.8 Å². The second kappa shape index (κ2) is 8.16. The van der Waals surface area contributed by atoms with Gasteiger partial charge >= 0.3 is 0 Å². The Kier molecular flexibility index (Phi) is 5.35. The van der Waals surface area contributed by atoms with Crippen LogP contribution in [0.5, 0.6) is 0 Å². The number of aromatic nitrogens is 2. The van der Waals surface area contributed by atoms with Crippen molar-refractivity contribution in [2.45, 2.75) is 61.9 Å². The number of aryl methyl sites for hydroxylation is 1. The molecular formula is C27H28N2OS. The number of thioether (sulfide) groups is 1. The number of rotatable bonds is 5. The first-order valence-electron chi connectivity index (χ1n) is 11.1. The van der Waals surface area contributed by atoms with Crippen LogP contribution in [-0.2, 0) is 24.1 Å². The highest BCUT2D eigenvalue weighted by Gasteiger charge is 2.44. The van der Waals surface area contributed by atoms with E-state index in [0.717, 1.165) is 47.0 Å². The van der Waals surface area contributed by atoms with Gasteiger partial charge in [0.2, 0.25) is 0 Å². The maximum atomic E-state index is 13.9. The summed E-state index contributed by atoms with van der Waals surface area (Å²) in [6.07, 6.45) is 7.30. The van der Waals surface area contributed by atoms with Gasteiger partial charge in [-0.15, -0.1) is 6.58 Å². The highest BCUT2D eigenvalue weighted by atomic mass is 32.2. The average Bonchev–Trinajstić information content (AvgIpc) is 3.23. The zero-order valence-electron chi connectivity index (χ0n) is 18.1. The van der Waals surface area contributed by atoms with Gasteiger partial charge in [-0.05, 0) is 42.9 Å². The largest absolute Gasteiger partial charge is 0.283 e. The summed E-state index contributed by atoms with van der Waals surface area (Å²) in [4.78, 5) is 19.1.